The first-order valence-electron chi connectivity index (χ1n) is 12.9. The Balaban J connectivity index is 1.66. The Kier molecular flexibility index (Phi) is 4.90. The zero-order chi connectivity index (χ0) is 29.0. The number of phenolic OH excluding ortho intramolecular Hbond substituents is 2. The van der Waals surface area contributed by atoms with Crippen molar-refractivity contribution in [3.05, 3.63) is 70.8 Å². The van der Waals surface area contributed by atoms with E-state index in [1.54, 1.807) is 62.4 Å². The molecule has 3 aliphatic heterocycles. The normalized spacial score (nSPS) is 23.0. The van der Waals surface area contributed by atoms with Crippen molar-refractivity contribution in [2.24, 2.45) is 0 Å². The van der Waals surface area contributed by atoms with Crippen LogP contribution >= 0.6 is 0 Å². The Morgan fingerprint density at radius 3 is 1.78 bits per heavy atom. The van der Waals surface area contributed by atoms with Crippen LogP contribution in [0.1, 0.15) is 57.7 Å². The van der Waals surface area contributed by atoms with Crippen LogP contribution in [0.2, 0.25) is 0 Å². The van der Waals surface area contributed by atoms with E-state index in [0.717, 1.165) is 0 Å². The fraction of sp³-hybridized carbons (Fsp3) is 0.258. The third-order valence-electron chi connectivity index (χ3n) is 8.54. The van der Waals surface area contributed by atoms with Crippen molar-refractivity contribution in [3.63, 3.8) is 0 Å². The zero-order valence-corrected chi connectivity index (χ0v) is 22.4. The largest absolute Gasteiger partial charge is 0.506 e. The van der Waals surface area contributed by atoms with Gasteiger partial charge in [0.05, 0.1) is 19.8 Å². The van der Waals surface area contributed by atoms with Crippen LogP contribution in [0.5, 0.6) is 23.0 Å². The number of methoxy groups -OCH3 is 2. The van der Waals surface area contributed by atoms with Crippen LogP contribution in [0.3, 0.4) is 0 Å². The molecule has 0 bridgehead atoms. The highest BCUT2D eigenvalue weighted by molar-refractivity contribution is 6.10. The van der Waals surface area contributed by atoms with Gasteiger partial charge in [-0.3, -0.25) is 4.79 Å². The van der Waals surface area contributed by atoms with E-state index in [1.807, 2.05) is 0 Å². The van der Waals surface area contributed by atoms with E-state index < -0.39 is 41.1 Å². The summed E-state index contributed by atoms with van der Waals surface area (Å²) in [4.78, 5) is 40.3. The number of cyclic esters (lactones) is 1. The Morgan fingerprint density at radius 1 is 0.756 bits per heavy atom. The number of hydrogen-bond donors (Lipinski definition) is 2. The van der Waals surface area contributed by atoms with E-state index in [0.29, 0.717) is 21.5 Å². The third kappa shape index (κ3) is 2.83. The van der Waals surface area contributed by atoms with Crippen LogP contribution in [0.4, 0.5) is 0 Å². The minimum Gasteiger partial charge on any atom is -0.506 e. The van der Waals surface area contributed by atoms with E-state index in [1.165, 1.54) is 14.2 Å². The second kappa shape index (κ2) is 8.03. The fourth-order valence-corrected chi connectivity index (χ4v) is 6.79. The molecular formula is C31H24O10. The topological polar surface area (TPSA) is 138 Å². The van der Waals surface area contributed by atoms with Gasteiger partial charge in [-0.1, -0.05) is 48.5 Å². The number of fused-ring (bicyclic) bond motifs is 8. The fourth-order valence-electron chi connectivity index (χ4n) is 6.79. The lowest BCUT2D eigenvalue weighted by Gasteiger charge is -2.45. The van der Waals surface area contributed by atoms with E-state index in [9.17, 15) is 24.6 Å². The van der Waals surface area contributed by atoms with Crippen molar-refractivity contribution in [1.29, 1.82) is 0 Å². The molecule has 10 heteroatoms. The molecular weight excluding hydrogens is 532 g/mol. The number of phenols is 2. The minimum atomic E-state index is -1.67. The predicted octanol–water partition coefficient (Wildman–Crippen LogP) is 4.66. The highest BCUT2D eigenvalue weighted by Crippen LogP contribution is 2.68. The van der Waals surface area contributed by atoms with E-state index in [4.69, 9.17) is 23.7 Å². The molecule has 7 rings (SSSR count). The Morgan fingerprint density at radius 2 is 1.24 bits per heavy atom. The summed E-state index contributed by atoms with van der Waals surface area (Å²) in [7, 11) is 2.36. The summed E-state index contributed by atoms with van der Waals surface area (Å²) in [5.41, 5.74) is -3.23. The second-order valence-electron chi connectivity index (χ2n) is 10.8. The maximum absolute atomic E-state index is 13.9. The monoisotopic (exact) mass is 556 g/mol. The smallest absolute Gasteiger partial charge is 0.342 e. The lowest BCUT2D eigenvalue weighted by atomic mass is 9.67. The molecule has 2 N–H and O–H groups in total. The Hall–Kier alpha value is -4.99. The average molecular weight is 557 g/mol. The minimum absolute atomic E-state index is 0.0563. The number of carbonyl (C=O) groups excluding carboxylic acids is 3. The first-order valence-corrected chi connectivity index (χ1v) is 12.9. The SMILES string of the molecule is COC(=O)c1c2c(c3ccccc3c1O)O[C@H]1c3c(C(=O)OC)c(O)c4ccccc4c3O[C@@]13[C@@H]2C(=O)OC3(C)C. The summed E-state index contributed by atoms with van der Waals surface area (Å²) in [5, 5.41) is 24.2. The Labute approximate surface area is 232 Å². The molecule has 3 aliphatic rings. The van der Waals surface area contributed by atoms with Gasteiger partial charge in [0, 0.05) is 27.1 Å². The standard InChI is InChI=1S/C31H24O10/c1-30(2)31-21(29(36)41-30)17-18(27(34)37-3)22(32)13-9-5-7-11-15(13)24(17)39-26(31)20-19(28(35)38-4)23(33)14-10-6-8-12-16(14)25(20)40-31/h5-12,21,26,32-33H,1-4H3/t21-,26-,31-/m0/s1. The highest BCUT2D eigenvalue weighted by atomic mass is 16.6. The van der Waals surface area contributed by atoms with Gasteiger partial charge < -0.3 is 33.9 Å². The number of ether oxygens (including phenoxy) is 5. The van der Waals surface area contributed by atoms with Crippen molar-refractivity contribution < 1.29 is 48.3 Å². The number of esters is 3. The maximum Gasteiger partial charge on any atom is 0.342 e. The summed E-state index contributed by atoms with van der Waals surface area (Å²) in [5.74, 6) is -4.10. The van der Waals surface area contributed by atoms with E-state index in [-0.39, 0.29) is 45.3 Å². The van der Waals surface area contributed by atoms with Crippen molar-refractivity contribution >= 4 is 39.5 Å². The van der Waals surface area contributed by atoms with Crippen molar-refractivity contribution in [2.45, 2.75) is 37.1 Å². The number of benzene rings is 4. The second-order valence-corrected chi connectivity index (χ2v) is 10.8. The molecule has 4 aromatic carbocycles. The van der Waals surface area contributed by atoms with Gasteiger partial charge >= 0.3 is 17.9 Å². The number of carbonyl (C=O) groups is 3. The summed E-state index contributed by atoms with van der Waals surface area (Å²) in [6.07, 6.45) is -1.18. The molecule has 0 radical (unpaired) electrons. The first-order chi connectivity index (χ1) is 19.6. The molecule has 3 heterocycles. The van der Waals surface area contributed by atoms with Gasteiger partial charge in [-0.05, 0) is 13.8 Å². The highest BCUT2D eigenvalue weighted by Gasteiger charge is 2.76. The van der Waals surface area contributed by atoms with Gasteiger partial charge in [0.25, 0.3) is 0 Å². The maximum atomic E-state index is 13.9. The van der Waals surface area contributed by atoms with E-state index >= 15 is 0 Å². The summed E-state index contributed by atoms with van der Waals surface area (Å²) < 4.78 is 29.5. The van der Waals surface area contributed by atoms with Crippen LogP contribution in [-0.4, -0.2) is 53.5 Å². The molecule has 0 aromatic heterocycles. The van der Waals surface area contributed by atoms with Gasteiger partial charge in [0.1, 0.15) is 40.0 Å². The third-order valence-corrected chi connectivity index (χ3v) is 8.54. The quantitative estimate of drug-likeness (QED) is 0.265. The molecule has 1 fully saturated rings. The van der Waals surface area contributed by atoms with Gasteiger partial charge in [-0.25, -0.2) is 9.59 Å². The van der Waals surface area contributed by atoms with Crippen LogP contribution in [0, 0.1) is 0 Å². The Bertz CT molecular complexity index is 1870. The van der Waals surface area contributed by atoms with Crippen LogP contribution < -0.4 is 9.47 Å². The first kappa shape index (κ1) is 25.0. The average Bonchev–Trinajstić information content (AvgIpc) is 3.42. The van der Waals surface area contributed by atoms with Crippen molar-refractivity contribution in [3.8, 4) is 23.0 Å². The van der Waals surface area contributed by atoms with Crippen LogP contribution in [0.25, 0.3) is 21.5 Å². The molecule has 1 saturated heterocycles. The van der Waals surface area contributed by atoms with Crippen LogP contribution in [0.15, 0.2) is 48.5 Å². The lowest BCUT2D eigenvalue weighted by molar-refractivity contribution is -0.154. The molecule has 0 amide bonds. The summed E-state index contributed by atoms with van der Waals surface area (Å²) >= 11 is 0. The van der Waals surface area contributed by atoms with Gasteiger partial charge in [-0.15, -0.1) is 0 Å². The molecule has 1 spiro atoms. The predicted molar refractivity (Wildman–Crippen MR) is 144 cm³/mol. The van der Waals surface area contributed by atoms with Crippen molar-refractivity contribution in [2.75, 3.05) is 14.2 Å². The molecule has 208 valence electrons. The molecule has 0 aliphatic carbocycles. The van der Waals surface area contributed by atoms with Gasteiger partial charge in [-0.2, -0.15) is 0 Å². The van der Waals surface area contributed by atoms with Gasteiger partial charge in [0.2, 0.25) is 5.60 Å². The molecule has 41 heavy (non-hydrogen) atoms. The molecule has 0 unspecified atom stereocenters. The molecule has 3 atom stereocenters. The van der Waals surface area contributed by atoms with Crippen molar-refractivity contribution in [1.82, 2.24) is 0 Å². The molecule has 10 nitrogen and oxygen atoms in total. The van der Waals surface area contributed by atoms with Crippen LogP contribution in [-0.2, 0) is 19.0 Å². The van der Waals surface area contributed by atoms with E-state index in [2.05, 4.69) is 0 Å². The lowest BCUT2D eigenvalue weighted by Crippen LogP contribution is -2.59. The number of aromatic hydroxyl groups is 2. The number of hydrogen-bond acceptors (Lipinski definition) is 10. The number of rotatable bonds is 2. The summed E-state index contributed by atoms with van der Waals surface area (Å²) in [6.45, 7) is 3.30. The van der Waals surface area contributed by atoms with Gasteiger partial charge in [0.15, 0.2) is 11.7 Å². The molecule has 4 aromatic rings. The summed E-state index contributed by atoms with van der Waals surface area (Å²) in [6, 6.07) is 13.5. The molecule has 0 saturated carbocycles. The zero-order valence-electron chi connectivity index (χ0n) is 22.4.